The van der Waals surface area contributed by atoms with Crippen LogP contribution in [0.25, 0.3) is 0 Å². The number of hydrogen-bond donors (Lipinski definition) is 2. The molecule has 2 nitrogen and oxygen atoms in total. The summed E-state index contributed by atoms with van der Waals surface area (Å²) in [6, 6.07) is 16.3. The van der Waals surface area contributed by atoms with Gasteiger partial charge in [-0.3, -0.25) is 0 Å². The van der Waals surface area contributed by atoms with Gasteiger partial charge in [0.15, 0.2) is 0 Å². The molecule has 2 aromatic carbocycles. The third kappa shape index (κ3) is 4.41. The van der Waals surface area contributed by atoms with Crippen LogP contribution in [0.2, 0.25) is 10.0 Å². The molecule has 0 heterocycles. The summed E-state index contributed by atoms with van der Waals surface area (Å²) < 4.78 is 0. The molecule has 0 fully saturated rings. The lowest BCUT2D eigenvalue weighted by atomic mass is 10.1. The van der Waals surface area contributed by atoms with Crippen molar-refractivity contribution in [3.05, 3.63) is 64.1 Å². The Morgan fingerprint density at radius 3 is 2.40 bits per heavy atom. The lowest BCUT2D eigenvalue weighted by Gasteiger charge is -2.15. The molecule has 0 saturated heterocycles. The van der Waals surface area contributed by atoms with E-state index in [1.165, 1.54) is 5.56 Å². The number of hydrogen-bond acceptors (Lipinski definition) is 2. The Labute approximate surface area is 130 Å². The van der Waals surface area contributed by atoms with E-state index >= 15 is 0 Å². The molecule has 0 aliphatic heterocycles. The van der Waals surface area contributed by atoms with Gasteiger partial charge in [-0.15, -0.1) is 0 Å². The largest absolute Gasteiger partial charge is 0.384 e. The number of nitrogens with one attached hydrogen (secondary N) is 2. The quantitative estimate of drug-likeness (QED) is 0.752. The van der Waals surface area contributed by atoms with Gasteiger partial charge >= 0.3 is 0 Å². The second-order valence-corrected chi connectivity index (χ2v) is 5.46. The summed E-state index contributed by atoms with van der Waals surface area (Å²) in [5.74, 6) is 0. The highest BCUT2D eigenvalue weighted by atomic mass is 35.5. The Hall–Kier alpha value is -1.22. The summed E-state index contributed by atoms with van der Waals surface area (Å²) in [7, 11) is 0. The Balaban J connectivity index is 1.75. The second-order valence-electron chi connectivity index (χ2n) is 4.64. The maximum atomic E-state index is 5.97. The van der Waals surface area contributed by atoms with Gasteiger partial charge in [0.05, 0.1) is 10.0 Å². The smallest absolute Gasteiger partial charge is 0.0612 e. The van der Waals surface area contributed by atoms with Crippen molar-refractivity contribution in [3.63, 3.8) is 0 Å². The molecule has 0 spiro atoms. The zero-order valence-electron chi connectivity index (χ0n) is 11.4. The number of benzene rings is 2. The van der Waals surface area contributed by atoms with Gasteiger partial charge in [0.25, 0.3) is 0 Å². The number of anilines is 1. The fourth-order valence-corrected chi connectivity index (χ4v) is 2.26. The highest BCUT2D eigenvalue weighted by Crippen LogP contribution is 2.24. The van der Waals surface area contributed by atoms with Crippen LogP contribution < -0.4 is 10.6 Å². The molecule has 0 amide bonds. The first-order chi connectivity index (χ1) is 9.66. The predicted molar refractivity (Wildman–Crippen MR) is 87.8 cm³/mol. The molecular weight excluding hydrogens is 291 g/mol. The molecule has 0 bridgehead atoms. The van der Waals surface area contributed by atoms with E-state index in [0.29, 0.717) is 16.1 Å². The molecule has 2 rings (SSSR count). The van der Waals surface area contributed by atoms with Crippen molar-refractivity contribution in [1.29, 1.82) is 0 Å². The molecule has 0 saturated carbocycles. The summed E-state index contributed by atoms with van der Waals surface area (Å²) in [5, 5.41) is 7.94. The van der Waals surface area contributed by atoms with Gasteiger partial charge in [-0.25, -0.2) is 0 Å². The fourth-order valence-electron chi connectivity index (χ4n) is 1.96. The van der Waals surface area contributed by atoms with E-state index in [0.717, 1.165) is 18.8 Å². The first kappa shape index (κ1) is 15.2. The molecule has 20 heavy (non-hydrogen) atoms. The van der Waals surface area contributed by atoms with E-state index in [1.54, 1.807) is 6.07 Å². The number of rotatable bonds is 6. The lowest BCUT2D eigenvalue weighted by molar-refractivity contribution is 0.588. The Morgan fingerprint density at radius 1 is 0.950 bits per heavy atom. The monoisotopic (exact) mass is 308 g/mol. The van der Waals surface area contributed by atoms with E-state index in [-0.39, 0.29) is 0 Å². The van der Waals surface area contributed by atoms with E-state index in [1.807, 2.05) is 18.2 Å². The van der Waals surface area contributed by atoms with Gasteiger partial charge in [-0.1, -0.05) is 53.5 Å². The molecule has 1 atom stereocenters. The first-order valence-corrected chi connectivity index (χ1v) is 7.39. The Bertz CT molecular complexity index is 543. The third-order valence-corrected chi connectivity index (χ3v) is 3.86. The molecule has 2 N–H and O–H groups in total. The van der Waals surface area contributed by atoms with E-state index in [2.05, 4.69) is 41.8 Å². The summed E-state index contributed by atoms with van der Waals surface area (Å²) in [5.41, 5.74) is 2.27. The molecule has 106 valence electrons. The Kier molecular flexibility index (Phi) is 5.72. The zero-order chi connectivity index (χ0) is 14.4. The van der Waals surface area contributed by atoms with Crippen LogP contribution in [0.4, 0.5) is 5.69 Å². The standard InChI is InChI=1S/C16H18Cl2N2/c1-12(13-5-3-2-4-6-13)19-9-10-20-14-7-8-15(17)16(18)11-14/h2-8,11-12,19-20H,9-10H2,1H3. The molecule has 4 heteroatoms. The van der Waals surface area contributed by atoms with Crippen molar-refractivity contribution in [2.45, 2.75) is 13.0 Å². The van der Waals surface area contributed by atoms with Crippen molar-refractivity contribution in [3.8, 4) is 0 Å². The molecule has 0 aliphatic carbocycles. The fraction of sp³-hybridized carbons (Fsp3) is 0.250. The van der Waals surface area contributed by atoms with Gasteiger partial charge in [0.1, 0.15) is 0 Å². The van der Waals surface area contributed by atoms with Crippen LogP contribution in [0.1, 0.15) is 18.5 Å². The summed E-state index contributed by atoms with van der Waals surface area (Å²) in [4.78, 5) is 0. The third-order valence-electron chi connectivity index (χ3n) is 3.12. The van der Waals surface area contributed by atoms with Crippen LogP contribution in [0.5, 0.6) is 0 Å². The average molecular weight is 309 g/mol. The Morgan fingerprint density at radius 2 is 1.70 bits per heavy atom. The minimum atomic E-state index is 0.340. The SMILES string of the molecule is CC(NCCNc1ccc(Cl)c(Cl)c1)c1ccccc1. The van der Waals surface area contributed by atoms with Crippen molar-refractivity contribution in [2.75, 3.05) is 18.4 Å². The molecule has 0 aliphatic rings. The van der Waals surface area contributed by atoms with Crippen LogP contribution in [0, 0.1) is 0 Å². The molecule has 0 aromatic heterocycles. The molecule has 2 aromatic rings. The predicted octanol–water partition coefficient (Wildman–Crippen LogP) is 4.76. The number of halogens is 2. The summed E-state index contributed by atoms with van der Waals surface area (Å²) in [6.45, 7) is 3.86. The van der Waals surface area contributed by atoms with Crippen LogP contribution in [0.15, 0.2) is 48.5 Å². The lowest BCUT2D eigenvalue weighted by Crippen LogP contribution is -2.25. The molecule has 0 radical (unpaired) electrons. The average Bonchev–Trinajstić information content (AvgIpc) is 2.48. The van der Waals surface area contributed by atoms with Crippen molar-refractivity contribution >= 4 is 28.9 Å². The van der Waals surface area contributed by atoms with Gasteiger partial charge in [0.2, 0.25) is 0 Å². The second kappa shape index (κ2) is 7.53. The maximum Gasteiger partial charge on any atom is 0.0612 e. The van der Waals surface area contributed by atoms with Gasteiger partial charge in [-0.2, -0.15) is 0 Å². The van der Waals surface area contributed by atoms with Crippen molar-refractivity contribution in [1.82, 2.24) is 5.32 Å². The maximum absolute atomic E-state index is 5.97. The topological polar surface area (TPSA) is 24.1 Å². The zero-order valence-corrected chi connectivity index (χ0v) is 12.9. The normalized spacial score (nSPS) is 12.2. The van der Waals surface area contributed by atoms with Crippen LogP contribution in [0.3, 0.4) is 0 Å². The van der Waals surface area contributed by atoms with Crippen LogP contribution >= 0.6 is 23.2 Å². The summed E-state index contributed by atoms with van der Waals surface area (Å²) in [6.07, 6.45) is 0. The van der Waals surface area contributed by atoms with Gasteiger partial charge < -0.3 is 10.6 Å². The molecular formula is C16H18Cl2N2. The highest BCUT2D eigenvalue weighted by Gasteiger charge is 2.03. The van der Waals surface area contributed by atoms with Gasteiger partial charge in [0, 0.05) is 24.8 Å². The van der Waals surface area contributed by atoms with E-state index < -0.39 is 0 Å². The van der Waals surface area contributed by atoms with Crippen molar-refractivity contribution < 1.29 is 0 Å². The van der Waals surface area contributed by atoms with Gasteiger partial charge in [-0.05, 0) is 30.7 Å². The first-order valence-electron chi connectivity index (χ1n) is 6.64. The summed E-state index contributed by atoms with van der Waals surface area (Å²) >= 11 is 11.8. The minimum absolute atomic E-state index is 0.340. The van der Waals surface area contributed by atoms with E-state index in [4.69, 9.17) is 23.2 Å². The van der Waals surface area contributed by atoms with Crippen molar-refractivity contribution in [2.24, 2.45) is 0 Å². The minimum Gasteiger partial charge on any atom is -0.384 e. The highest BCUT2D eigenvalue weighted by molar-refractivity contribution is 6.42. The van der Waals surface area contributed by atoms with E-state index in [9.17, 15) is 0 Å². The van der Waals surface area contributed by atoms with Crippen LogP contribution in [-0.2, 0) is 0 Å². The molecule has 1 unspecified atom stereocenters. The van der Waals surface area contributed by atoms with Crippen LogP contribution in [-0.4, -0.2) is 13.1 Å².